The van der Waals surface area contributed by atoms with Gasteiger partial charge in [-0.25, -0.2) is 0 Å². The van der Waals surface area contributed by atoms with Gasteiger partial charge in [0.1, 0.15) is 6.10 Å². The standard InChI is InChI=1S/C20H25NO3/c1-11-7-8-20(23)15(21-10-12-3-4-12)9-13-5-6-14(22)17-16(13)19(20,2)18(11)24-17/h5-6,12,15,18,21-23H,1,3-4,7-10H2,2H3. The Balaban J connectivity index is 1.66. The molecule has 0 radical (unpaired) electrons. The minimum absolute atomic E-state index is 0.0188. The average Bonchev–Trinajstić information content (AvgIpc) is 3.31. The number of hydrogen-bond donors (Lipinski definition) is 3. The van der Waals surface area contributed by atoms with Gasteiger partial charge in [-0.15, -0.1) is 0 Å². The largest absolute Gasteiger partial charge is 0.504 e. The molecular formula is C20H25NO3. The summed E-state index contributed by atoms with van der Waals surface area (Å²) in [6, 6.07) is 3.73. The van der Waals surface area contributed by atoms with E-state index in [0.29, 0.717) is 12.2 Å². The lowest BCUT2D eigenvalue weighted by atomic mass is 9.52. The number of phenolic OH excluding ortho intramolecular Hbond substituents is 1. The van der Waals surface area contributed by atoms with Crippen molar-refractivity contribution in [3.05, 3.63) is 35.4 Å². The van der Waals surface area contributed by atoms with E-state index in [9.17, 15) is 10.2 Å². The maximum absolute atomic E-state index is 11.8. The van der Waals surface area contributed by atoms with Crippen LogP contribution >= 0.6 is 0 Å². The van der Waals surface area contributed by atoms with E-state index in [0.717, 1.165) is 36.4 Å². The van der Waals surface area contributed by atoms with Crippen LogP contribution < -0.4 is 10.1 Å². The molecule has 24 heavy (non-hydrogen) atoms. The molecule has 5 rings (SSSR count). The maximum atomic E-state index is 11.8. The Morgan fingerprint density at radius 2 is 2.17 bits per heavy atom. The molecule has 1 aromatic carbocycles. The minimum Gasteiger partial charge on any atom is -0.504 e. The zero-order valence-electron chi connectivity index (χ0n) is 14.1. The third-order valence-electron chi connectivity index (χ3n) is 6.95. The van der Waals surface area contributed by atoms with Gasteiger partial charge in [0.05, 0.1) is 11.0 Å². The number of phenols is 1. The Morgan fingerprint density at radius 3 is 2.92 bits per heavy atom. The average molecular weight is 327 g/mol. The zero-order chi connectivity index (χ0) is 16.7. The fourth-order valence-corrected chi connectivity index (χ4v) is 5.31. The van der Waals surface area contributed by atoms with Gasteiger partial charge >= 0.3 is 0 Å². The van der Waals surface area contributed by atoms with Gasteiger partial charge in [-0.05, 0) is 68.7 Å². The fraction of sp³-hybridized carbons (Fsp3) is 0.600. The summed E-state index contributed by atoms with van der Waals surface area (Å²) < 4.78 is 6.16. The molecule has 2 saturated carbocycles. The molecule has 4 heteroatoms. The van der Waals surface area contributed by atoms with E-state index >= 15 is 0 Å². The predicted molar refractivity (Wildman–Crippen MR) is 91.4 cm³/mol. The first-order valence-electron chi connectivity index (χ1n) is 9.10. The molecule has 128 valence electrons. The monoisotopic (exact) mass is 327 g/mol. The zero-order valence-corrected chi connectivity index (χ0v) is 14.1. The normalized spacial score (nSPS) is 39.5. The molecule has 1 aliphatic heterocycles. The summed E-state index contributed by atoms with van der Waals surface area (Å²) in [5, 5.41) is 25.8. The van der Waals surface area contributed by atoms with Crippen molar-refractivity contribution in [1.29, 1.82) is 0 Å². The maximum Gasteiger partial charge on any atom is 0.166 e. The van der Waals surface area contributed by atoms with Gasteiger partial charge in [0.25, 0.3) is 0 Å². The van der Waals surface area contributed by atoms with Gasteiger partial charge in [0, 0.05) is 11.6 Å². The molecule has 4 aliphatic rings. The third kappa shape index (κ3) is 1.66. The molecule has 4 atom stereocenters. The number of rotatable bonds is 3. The van der Waals surface area contributed by atoms with E-state index in [1.807, 2.05) is 6.07 Å². The van der Waals surface area contributed by atoms with Crippen LogP contribution in [0, 0.1) is 5.92 Å². The second-order valence-electron chi connectivity index (χ2n) is 8.34. The van der Waals surface area contributed by atoms with Crippen LogP contribution in [0.15, 0.2) is 24.3 Å². The molecule has 3 aliphatic carbocycles. The van der Waals surface area contributed by atoms with E-state index in [1.165, 1.54) is 18.4 Å². The highest BCUT2D eigenvalue weighted by Gasteiger charge is 2.67. The van der Waals surface area contributed by atoms with Crippen LogP contribution in [0.5, 0.6) is 11.5 Å². The highest BCUT2D eigenvalue weighted by atomic mass is 16.5. The smallest absolute Gasteiger partial charge is 0.166 e. The van der Waals surface area contributed by atoms with Crippen LogP contribution in [0.3, 0.4) is 0 Å². The Kier molecular flexibility index (Phi) is 2.81. The number of aliphatic hydroxyl groups is 1. The van der Waals surface area contributed by atoms with Gasteiger partial charge in [-0.3, -0.25) is 0 Å². The Morgan fingerprint density at radius 1 is 1.38 bits per heavy atom. The van der Waals surface area contributed by atoms with Crippen molar-refractivity contribution in [1.82, 2.24) is 5.32 Å². The van der Waals surface area contributed by atoms with Crippen molar-refractivity contribution in [2.45, 2.75) is 62.2 Å². The molecule has 2 fully saturated rings. The lowest BCUT2D eigenvalue weighted by Crippen LogP contribution is -2.70. The van der Waals surface area contributed by atoms with Crippen molar-refractivity contribution in [3.8, 4) is 11.5 Å². The van der Waals surface area contributed by atoms with Crippen molar-refractivity contribution in [2.75, 3.05) is 6.54 Å². The summed E-state index contributed by atoms with van der Waals surface area (Å²) in [6.07, 6.45) is 4.58. The molecule has 0 amide bonds. The molecule has 0 bridgehead atoms. The molecule has 0 saturated heterocycles. The van der Waals surface area contributed by atoms with Crippen molar-refractivity contribution < 1.29 is 14.9 Å². The fourth-order valence-electron chi connectivity index (χ4n) is 5.31. The van der Waals surface area contributed by atoms with E-state index in [-0.39, 0.29) is 17.9 Å². The van der Waals surface area contributed by atoms with E-state index in [4.69, 9.17) is 4.74 Å². The summed E-state index contributed by atoms with van der Waals surface area (Å²) in [4.78, 5) is 0. The Labute approximate surface area is 142 Å². The van der Waals surface area contributed by atoms with Crippen molar-refractivity contribution in [2.24, 2.45) is 5.92 Å². The van der Waals surface area contributed by atoms with Crippen molar-refractivity contribution in [3.63, 3.8) is 0 Å². The lowest BCUT2D eigenvalue weighted by Gasteiger charge is -2.56. The molecule has 4 unspecified atom stereocenters. The van der Waals surface area contributed by atoms with Crippen LogP contribution in [0.1, 0.15) is 43.7 Å². The van der Waals surface area contributed by atoms with E-state index in [1.54, 1.807) is 6.07 Å². The first kappa shape index (κ1) is 14.8. The topological polar surface area (TPSA) is 61.7 Å². The molecule has 1 aromatic rings. The number of ether oxygens (including phenoxy) is 1. The summed E-state index contributed by atoms with van der Waals surface area (Å²) >= 11 is 0. The van der Waals surface area contributed by atoms with Crippen LogP contribution in [0.25, 0.3) is 0 Å². The summed E-state index contributed by atoms with van der Waals surface area (Å²) in [5.41, 5.74) is 1.78. The second kappa shape index (κ2) is 4.55. The van der Waals surface area contributed by atoms with Crippen LogP contribution in [0.4, 0.5) is 0 Å². The quantitative estimate of drug-likeness (QED) is 0.746. The lowest BCUT2D eigenvalue weighted by molar-refractivity contribution is -0.110. The molecular weight excluding hydrogens is 302 g/mol. The molecule has 3 N–H and O–H groups in total. The van der Waals surface area contributed by atoms with Crippen LogP contribution in [-0.2, 0) is 11.8 Å². The van der Waals surface area contributed by atoms with E-state index in [2.05, 4.69) is 18.8 Å². The summed E-state index contributed by atoms with van der Waals surface area (Å²) in [5.74, 6) is 1.50. The molecule has 1 heterocycles. The van der Waals surface area contributed by atoms with Crippen LogP contribution in [0.2, 0.25) is 0 Å². The third-order valence-corrected chi connectivity index (χ3v) is 6.95. The van der Waals surface area contributed by atoms with Gasteiger partial charge < -0.3 is 20.3 Å². The number of nitrogens with one attached hydrogen (secondary N) is 1. The number of hydrogen-bond acceptors (Lipinski definition) is 4. The van der Waals surface area contributed by atoms with Gasteiger partial charge in [-0.1, -0.05) is 12.6 Å². The first-order valence-corrected chi connectivity index (χ1v) is 9.10. The Bertz CT molecular complexity index is 741. The van der Waals surface area contributed by atoms with Crippen molar-refractivity contribution >= 4 is 0 Å². The highest BCUT2D eigenvalue weighted by molar-refractivity contribution is 5.62. The molecule has 0 spiro atoms. The van der Waals surface area contributed by atoms with E-state index < -0.39 is 11.0 Å². The summed E-state index contributed by atoms with van der Waals surface area (Å²) in [6.45, 7) is 7.29. The number of benzene rings is 1. The number of aromatic hydroxyl groups is 1. The van der Waals surface area contributed by atoms with Gasteiger partial charge in [-0.2, -0.15) is 0 Å². The summed E-state index contributed by atoms with van der Waals surface area (Å²) in [7, 11) is 0. The Hall–Kier alpha value is -1.52. The van der Waals surface area contributed by atoms with Crippen LogP contribution in [-0.4, -0.2) is 34.5 Å². The SMILES string of the molecule is C=C1CCC2(O)C(NCC3CC3)Cc3ccc(O)c4c3C2(C)C1O4. The minimum atomic E-state index is -0.875. The predicted octanol–water partition coefficient (Wildman–Crippen LogP) is 2.42. The molecule has 4 nitrogen and oxygen atoms in total. The second-order valence-corrected chi connectivity index (χ2v) is 8.34. The van der Waals surface area contributed by atoms with Gasteiger partial charge in [0.2, 0.25) is 0 Å². The first-order chi connectivity index (χ1) is 11.4. The highest BCUT2D eigenvalue weighted by Crippen LogP contribution is 2.62. The molecule has 0 aromatic heterocycles. The van der Waals surface area contributed by atoms with Gasteiger partial charge in [0.15, 0.2) is 11.5 Å².